The Kier molecular flexibility index (Phi) is 7.90. The fourth-order valence-electron chi connectivity index (χ4n) is 5.92. The molecule has 0 radical (unpaired) electrons. The second kappa shape index (κ2) is 10.1. The first-order valence-electron chi connectivity index (χ1n) is 11.5. The summed E-state index contributed by atoms with van der Waals surface area (Å²) < 4.78 is 6.33. The lowest BCUT2D eigenvalue weighted by Gasteiger charge is -2.38. The van der Waals surface area contributed by atoms with E-state index in [0.29, 0.717) is 6.10 Å². The maximum absolute atomic E-state index is 6.33. The molecule has 3 rings (SSSR count). The van der Waals surface area contributed by atoms with Gasteiger partial charge in [0.1, 0.15) is 0 Å². The van der Waals surface area contributed by atoms with Gasteiger partial charge in [-0.3, -0.25) is 0 Å². The molecule has 144 valence electrons. The zero-order valence-electron chi connectivity index (χ0n) is 16.8. The minimum atomic E-state index is 0.578. The largest absolute Gasteiger partial charge is 0.378 e. The van der Waals surface area contributed by atoms with Gasteiger partial charge in [0.25, 0.3) is 0 Å². The standard InChI is InChI=1S/C24H42O/c1-3-5-20-6-8-21(9-7-20)12-16-24-17-15-23(18-25-24)22-13-10-19(4-2)11-14-22/h4,19-24H,2-3,5-18H2,1H3. The van der Waals surface area contributed by atoms with Gasteiger partial charge < -0.3 is 4.74 Å². The van der Waals surface area contributed by atoms with E-state index < -0.39 is 0 Å². The lowest BCUT2D eigenvalue weighted by Crippen LogP contribution is -2.32. The summed E-state index contributed by atoms with van der Waals surface area (Å²) >= 11 is 0. The van der Waals surface area contributed by atoms with Crippen molar-refractivity contribution in [1.82, 2.24) is 0 Å². The Bertz CT molecular complexity index is 366. The molecule has 1 saturated heterocycles. The molecule has 0 spiro atoms. The first kappa shape index (κ1) is 19.5. The summed E-state index contributed by atoms with van der Waals surface area (Å²) in [4.78, 5) is 0. The summed E-state index contributed by atoms with van der Waals surface area (Å²) in [6.07, 6.45) is 22.7. The molecule has 2 unspecified atom stereocenters. The lowest BCUT2D eigenvalue weighted by molar-refractivity contribution is -0.0440. The molecule has 0 aromatic heterocycles. The molecule has 0 amide bonds. The van der Waals surface area contributed by atoms with Crippen molar-refractivity contribution < 1.29 is 4.74 Å². The Hall–Kier alpha value is -0.300. The maximum Gasteiger partial charge on any atom is 0.0575 e. The van der Waals surface area contributed by atoms with Gasteiger partial charge in [-0.15, -0.1) is 6.58 Å². The number of hydrogen-bond acceptors (Lipinski definition) is 1. The number of allylic oxidation sites excluding steroid dienone is 1. The van der Waals surface area contributed by atoms with E-state index >= 15 is 0 Å². The molecule has 2 atom stereocenters. The molecule has 2 saturated carbocycles. The van der Waals surface area contributed by atoms with Crippen LogP contribution in [0.2, 0.25) is 0 Å². The van der Waals surface area contributed by atoms with E-state index in [-0.39, 0.29) is 0 Å². The van der Waals surface area contributed by atoms with Gasteiger partial charge in [0, 0.05) is 0 Å². The third kappa shape index (κ3) is 5.84. The SMILES string of the molecule is C=CC1CCC(C2CCC(CCC3CCC(CCC)CC3)OC2)CC1. The molecule has 0 aromatic rings. The molecule has 1 aliphatic heterocycles. The van der Waals surface area contributed by atoms with Crippen LogP contribution in [0.4, 0.5) is 0 Å². The Balaban J connectivity index is 1.29. The van der Waals surface area contributed by atoms with Gasteiger partial charge in [0.2, 0.25) is 0 Å². The molecule has 0 aromatic carbocycles. The summed E-state index contributed by atoms with van der Waals surface area (Å²) in [7, 11) is 0. The van der Waals surface area contributed by atoms with Crippen LogP contribution in [0.15, 0.2) is 12.7 Å². The molecule has 1 heterocycles. The fraction of sp³-hybridized carbons (Fsp3) is 0.917. The van der Waals surface area contributed by atoms with Gasteiger partial charge in [-0.2, -0.15) is 0 Å². The molecular weight excluding hydrogens is 304 g/mol. The molecule has 1 heteroatoms. The molecule has 0 bridgehead atoms. The second-order valence-corrected chi connectivity index (χ2v) is 9.46. The lowest BCUT2D eigenvalue weighted by atomic mass is 9.73. The highest BCUT2D eigenvalue weighted by Gasteiger charge is 2.31. The van der Waals surface area contributed by atoms with E-state index in [1.165, 1.54) is 89.9 Å². The molecule has 3 fully saturated rings. The van der Waals surface area contributed by atoms with E-state index in [1.807, 2.05) is 0 Å². The Morgan fingerprint density at radius 2 is 1.40 bits per heavy atom. The summed E-state index contributed by atoms with van der Waals surface area (Å²) in [5, 5.41) is 0. The third-order valence-corrected chi connectivity index (χ3v) is 7.78. The average Bonchev–Trinajstić information content (AvgIpc) is 2.68. The van der Waals surface area contributed by atoms with Gasteiger partial charge in [0.05, 0.1) is 12.7 Å². The minimum absolute atomic E-state index is 0.578. The number of hydrogen-bond donors (Lipinski definition) is 0. The molecule has 2 aliphatic carbocycles. The predicted molar refractivity (Wildman–Crippen MR) is 108 cm³/mol. The van der Waals surface area contributed by atoms with E-state index in [2.05, 4.69) is 19.6 Å². The Morgan fingerprint density at radius 1 is 0.760 bits per heavy atom. The van der Waals surface area contributed by atoms with Crippen LogP contribution in [0.25, 0.3) is 0 Å². The van der Waals surface area contributed by atoms with E-state index in [0.717, 1.165) is 36.2 Å². The zero-order chi connectivity index (χ0) is 17.5. The highest BCUT2D eigenvalue weighted by atomic mass is 16.5. The van der Waals surface area contributed by atoms with Crippen molar-refractivity contribution in [2.24, 2.45) is 29.6 Å². The first-order chi connectivity index (χ1) is 12.3. The van der Waals surface area contributed by atoms with Crippen molar-refractivity contribution in [3.8, 4) is 0 Å². The second-order valence-electron chi connectivity index (χ2n) is 9.46. The van der Waals surface area contributed by atoms with Crippen molar-refractivity contribution in [2.45, 2.75) is 103 Å². The van der Waals surface area contributed by atoms with E-state index in [4.69, 9.17) is 4.74 Å². The number of ether oxygens (including phenoxy) is 1. The fourth-order valence-corrected chi connectivity index (χ4v) is 5.92. The van der Waals surface area contributed by atoms with Crippen LogP contribution in [-0.2, 0) is 4.74 Å². The van der Waals surface area contributed by atoms with Crippen molar-refractivity contribution >= 4 is 0 Å². The van der Waals surface area contributed by atoms with Crippen LogP contribution in [0, 0.1) is 29.6 Å². The van der Waals surface area contributed by atoms with Gasteiger partial charge >= 0.3 is 0 Å². The average molecular weight is 347 g/mol. The predicted octanol–water partition coefficient (Wildman–Crippen LogP) is 7.16. The summed E-state index contributed by atoms with van der Waals surface area (Å²) in [6, 6.07) is 0. The molecular formula is C24H42O. The summed E-state index contributed by atoms with van der Waals surface area (Å²) in [5.74, 6) is 4.63. The summed E-state index contributed by atoms with van der Waals surface area (Å²) in [6.45, 7) is 7.37. The molecule has 3 aliphatic rings. The topological polar surface area (TPSA) is 9.23 Å². The van der Waals surface area contributed by atoms with Gasteiger partial charge in [-0.05, 0) is 81.0 Å². The molecule has 1 nitrogen and oxygen atoms in total. The third-order valence-electron chi connectivity index (χ3n) is 7.78. The van der Waals surface area contributed by atoms with Crippen LogP contribution in [0.5, 0.6) is 0 Å². The van der Waals surface area contributed by atoms with E-state index in [1.54, 1.807) is 0 Å². The van der Waals surface area contributed by atoms with Crippen LogP contribution in [0.1, 0.15) is 96.8 Å². The molecule has 0 N–H and O–H groups in total. The van der Waals surface area contributed by atoms with Crippen molar-refractivity contribution in [3.63, 3.8) is 0 Å². The summed E-state index contributed by atoms with van der Waals surface area (Å²) in [5.41, 5.74) is 0. The Morgan fingerprint density at radius 3 is 1.96 bits per heavy atom. The van der Waals surface area contributed by atoms with Crippen molar-refractivity contribution in [3.05, 3.63) is 12.7 Å². The van der Waals surface area contributed by atoms with Crippen molar-refractivity contribution in [2.75, 3.05) is 6.61 Å². The highest BCUT2D eigenvalue weighted by molar-refractivity contribution is 4.87. The van der Waals surface area contributed by atoms with Gasteiger partial charge in [0.15, 0.2) is 0 Å². The zero-order valence-corrected chi connectivity index (χ0v) is 16.8. The van der Waals surface area contributed by atoms with Gasteiger partial charge in [-0.25, -0.2) is 0 Å². The normalized spacial score (nSPS) is 39.9. The van der Waals surface area contributed by atoms with E-state index in [9.17, 15) is 0 Å². The quantitative estimate of drug-likeness (QED) is 0.444. The highest BCUT2D eigenvalue weighted by Crippen LogP contribution is 2.39. The smallest absolute Gasteiger partial charge is 0.0575 e. The van der Waals surface area contributed by atoms with Crippen LogP contribution >= 0.6 is 0 Å². The minimum Gasteiger partial charge on any atom is -0.378 e. The number of rotatable bonds is 7. The van der Waals surface area contributed by atoms with Gasteiger partial charge in [-0.1, -0.05) is 51.5 Å². The van der Waals surface area contributed by atoms with Crippen molar-refractivity contribution in [1.29, 1.82) is 0 Å². The van der Waals surface area contributed by atoms with Crippen LogP contribution in [0.3, 0.4) is 0 Å². The monoisotopic (exact) mass is 346 g/mol. The maximum atomic E-state index is 6.33. The Labute approximate surface area is 157 Å². The first-order valence-corrected chi connectivity index (χ1v) is 11.5. The molecule has 25 heavy (non-hydrogen) atoms. The van der Waals surface area contributed by atoms with Crippen LogP contribution in [-0.4, -0.2) is 12.7 Å². The van der Waals surface area contributed by atoms with Crippen LogP contribution < -0.4 is 0 Å².